The van der Waals surface area contributed by atoms with Crippen LogP contribution in [0.4, 0.5) is 13.2 Å². The summed E-state index contributed by atoms with van der Waals surface area (Å²) in [5.41, 5.74) is 0.547. The number of hydrogen-bond donors (Lipinski definition) is 0. The van der Waals surface area contributed by atoms with Gasteiger partial charge in [-0.15, -0.1) is 0 Å². The molecule has 21 heavy (non-hydrogen) atoms. The second-order valence-corrected chi connectivity index (χ2v) is 7.23. The number of piperidine rings is 1. The van der Waals surface area contributed by atoms with Gasteiger partial charge in [0.05, 0.1) is 5.56 Å². The molecule has 1 aliphatic rings. The Balaban J connectivity index is 2.17. The fourth-order valence-corrected chi connectivity index (χ4v) is 3.09. The van der Waals surface area contributed by atoms with Crippen LogP contribution in [0.2, 0.25) is 0 Å². The van der Waals surface area contributed by atoms with Gasteiger partial charge in [-0.3, -0.25) is 4.90 Å². The van der Waals surface area contributed by atoms with Crippen LogP contribution in [0.1, 0.15) is 51.2 Å². The SMILES string of the molecule is CC1CC(c2ccc(C(F)(F)F)cc2)CN(C(C)(C)C)C1. The Morgan fingerprint density at radius 2 is 1.57 bits per heavy atom. The lowest BCUT2D eigenvalue weighted by molar-refractivity contribution is -0.137. The number of halogens is 3. The second kappa shape index (κ2) is 5.64. The van der Waals surface area contributed by atoms with Gasteiger partial charge in [0.15, 0.2) is 0 Å². The molecule has 2 rings (SSSR count). The van der Waals surface area contributed by atoms with Crippen LogP contribution in [-0.4, -0.2) is 23.5 Å². The van der Waals surface area contributed by atoms with E-state index in [2.05, 4.69) is 32.6 Å². The average molecular weight is 299 g/mol. The molecular weight excluding hydrogens is 275 g/mol. The highest BCUT2D eigenvalue weighted by Crippen LogP contribution is 2.35. The molecule has 1 saturated heterocycles. The smallest absolute Gasteiger partial charge is 0.298 e. The molecule has 0 N–H and O–H groups in total. The highest BCUT2D eigenvalue weighted by atomic mass is 19.4. The molecule has 1 aromatic rings. The number of nitrogens with zero attached hydrogens (tertiary/aromatic N) is 1. The third-order valence-electron chi connectivity index (χ3n) is 4.32. The molecule has 0 aromatic heterocycles. The van der Waals surface area contributed by atoms with E-state index in [0.29, 0.717) is 11.8 Å². The molecule has 0 saturated carbocycles. The summed E-state index contributed by atoms with van der Waals surface area (Å²) in [4.78, 5) is 2.43. The molecule has 1 nitrogen and oxygen atoms in total. The minimum atomic E-state index is -4.25. The van der Waals surface area contributed by atoms with Gasteiger partial charge in [0, 0.05) is 18.6 Å². The van der Waals surface area contributed by atoms with Crippen LogP contribution in [0.25, 0.3) is 0 Å². The molecule has 0 aliphatic carbocycles. The van der Waals surface area contributed by atoms with Crippen LogP contribution in [0, 0.1) is 5.92 Å². The lowest BCUT2D eigenvalue weighted by atomic mass is 9.83. The first-order valence-electron chi connectivity index (χ1n) is 7.49. The number of benzene rings is 1. The quantitative estimate of drug-likeness (QED) is 0.710. The number of rotatable bonds is 1. The molecular formula is C17H24F3N. The fourth-order valence-electron chi connectivity index (χ4n) is 3.09. The van der Waals surface area contributed by atoms with E-state index in [-0.39, 0.29) is 5.54 Å². The van der Waals surface area contributed by atoms with Crippen molar-refractivity contribution in [3.8, 4) is 0 Å². The van der Waals surface area contributed by atoms with Gasteiger partial charge >= 0.3 is 6.18 Å². The molecule has 0 spiro atoms. The van der Waals surface area contributed by atoms with E-state index in [1.165, 1.54) is 12.1 Å². The summed E-state index contributed by atoms with van der Waals surface area (Å²) in [5.74, 6) is 0.875. The zero-order chi connectivity index (χ0) is 15.8. The maximum absolute atomic E-state index is 12.6. The van der Waals surface area contributed by atoms with Gasteiger partial charge in [0.25, 0.3) is 0 Å². The maximum atomic E-state index is 12.6. The first kappa shape index (κ1) is 16.3. The molecule has 1 fully saturated rings. The lowest BCUT2D eigenvalue weighted by Crippen LogP contribution is -2.49. The van der Waals surface area contributed by atoms with E-state index < -0.39 is 11.7 Å². The van der Waals surface area contributed by atoms with E-state index in [1.807, 2.05) is 0 Å². The Morgan fingerprint density at radius 1 is 1.00 bits per heavy atom. The molecule has 1 aliphatic heterocycles. The highest BCUT2D eigenvalue weighted by Gasteiger charge is 2.33. The zero-order valence-corrected chi connectivity index (χ0v) is 13.2. The minimum absolute atomic E-state index is 0.0961. The Morgan fingerprint density at radius 3 is 2.05 bits per heavy atom. The van der Waals surface area contributed by atoms with Crippen molar-refractivity contribution < 1.29 is 13.2 Å². The Hall–Kier alpha value is -1.03. The normalized spacial score (nSPS) is 25.1. The van der Waals surface area contributed by atoms with E-state index in [4.69, 9.17) is 0 Å². The Bertz CT molecular complexity index is 470. The van der Waals surface area contributed by atoms with Crippen LogP contribution in [0.15, 0.2) is 24.3 Å². The van der Waals surface area contributed by atoms with Crippen LogP contribution in [0.3, 0.4) is 0 Å². The monoisotopic (exact) mass is 299 g/mol. The fraction of sp³-hybridized carbons (Fsp3) is 0.647. The van der Waals surface area contributed by atoms with Crippen molar-refractivity contribution in [1.29, 1.82) is 0 Å². The standard InChI is InChI=1S/C17H24F3N/c1-12-9-14(11-21(10-12)16(2,3)4)13-5-7-15(8-6-13)17(18,19)20/h5-8,12,14H,9-11H2,1-4H3. The minimum Gasteiger partial charge on any atom is -0.298 e. The summed E-state index contributed by atoms with van der Waals surface area (Å²) in [6.45, 7) is 10.8. The van der Waals surface area contributed by atoms with Crippen LogP contribution in [0.5, 0.6) is 0 Å². The first-order valence-corrected chi connectivity index (χ1v) is 7.49. The Labute approximate surface area is 125 Å². The van der Waals surface area contributed by atoms with E-state index in [9.17, 15) is 13.2 Å². The maximum Gasteiger partial charge on any atom is 0.416 e. The number of alkyl halides is 3. The molecule has 2 unspecified atom stereocenters. The van der Waals surface area contributed by atoms with Crippen LogP contribution >= 0.6 is 0 Å². The van der Waals surface area contributed by atoms with Crippen LogP contribution < -0.4 is 0 Å². The van der Waals surface area contributed by atoms with Crippen molar-refractivity contribution in [3.63, 3.8) is 0 Å². The highest BCUT2D eigenvalue weighted by molar-refractivity contribution is 5.28. The van der Waals surface area contributed by atoms with E-state index >= 15 is 0 Å². The molecule has 0 radical (unpaired) electrons. The molecule has 0 amide bonds. The number of likely N-dealkylation sites (tertiary alicyclic amines) is 1. The molecule has 2 atom stereocenters. The van der Waals surface area contributed by atoms with Gasteiger partial charge in [-0.05, 0) is 56.7 Å². The topological polar surface area (TPSA) is 3.24 Å². The average Bonchev–Trinajstić information content (AvgIpc) is 2.36. The largest absolute Gasteiger partial charge is 0.416 e. The second-order valence-electron chi connectivity index (χ2n) is 7.23. The van der Waals surface area contributed by atoms with Crippen molar-refractivity contribution >= 4 is 0 Å². The van der Waals surface area contributed by atoms with Gasteiger partial charge < -0.3 is 0 Å². The van der Waals surface area contributed by atoms with Crippen molar-refractivity contribution in [1.82, 2.24) is 4.90 Å². The summed E-state index contributed by atoms with van der Waals surface area (Å²) in [6, 6.07) is 5.70. The predicted molar refractivity (Wildman–Crippen MR) is 79.3 cm³/mol. The zero-order valence-electron chi connectivity index (χ0n) is 13.2. The summed E-state index contributed by atoms with van der Waals surface area (Å²) in [6.07, 6.45) is -3.21. The molecule has 1 heterocycles. The summed E-state index contributed by atoms with van der Waals surface area (Å²) in [7, 11) is 0. The van der Waals surface area contributed by atoms with E-state index in [1.54, 1.807) is 12.1 Å². The van der Waals surface area contributed by atoms with Crippen molar-refractivity contribution in [2.24, 2.45) is 5.92 Å². The van der Waals surface area contributed by atoms with E-state index in [0.717, 1.165) is 25.1 Å². The Kier molecular flexibility index (Phi) is 4.39. The van der Waals surface area contributed by atoms with Crippen molar-refractivity contribution in [2.75, 3.05) is 13.1 Å². The molecule has 0 bridgehead atoms. The number of hydrogen-bond acceptors (Lipinski definition) is 1. The van der Waals surface area contributed by atoms with Gasteiger partial charge in [-0.25, -0.2) is 0 Å². The predicted octanol–water partition coefficient (Wildman–Crippen LogP) is 4.93. The van der Waals surface area contributed by atoms with Gasteiger partial charge in [0.2, 0.25) is 0 Å². The van der Waals surface area contributed by atoms with Crippen molar-refractivity contribution in [2.45, 2.75) is 51.7 Å². The lowest BCUT2D eigenvalue weighted by Gasteiger charge is -2.44. The van der Waals surface area contributed by atoms with Crippen molar-refractivity contribution in [3.05, 3.63) is 35.4 Å². The summed E-state index contributed by atoms with van der Waals surface area (Å²) < 4.78 is 37.9. The first-order chi connectivity index (χ1) is 9.57. The van der Waals surface area contributed by atoms with Gasteiger partial charge in [0.1, 0.15) is 0 Å². The van der Waals surface area contributed by atoms with Gasteiger partial charge in [-0.1, -0.05) is 19.1 Å². The third-order valence-corrected chi connectivity index (χ3v) is 4.32. The molecule has 118 valence electrons. The third kappa shape index (κ3) is 4.00. The van der Waals surface area contributed by atoms with Crippen LogP contribution in [-0.2, 0) is 6.18 Å². The molecule has 4 heteroatoms. The molecule has 1 aromatic carbocycles. The van der Waals surface area contributed by atoms with Gasteiger partial charge in [-0.2, -0.15) is 13.2 Å². The summed E-state index contributed by atoms with van der Waals surface area (Å²) >= 11 is 0. The summed E-state index contributed by atoms with van der Waals surface area (Å²) in [5, 5.41) is 0.